The molecular formula is C20H19ClF2N2O5S. The van der Waals surface area contributed by atoms with Gasteiger partial charge in [-0.05, 0) is 48.5 Å². The van der Waals surface area contributed by atoms with E-state index in [0.717, 1.165) is 12.1 Å². The van der Waals surface area contributed by atoms with Crippen molar-refractivity contribution in [1.29, 1.82) is 0 Å². The summed E-state index contributed by atoms with van der Waals surface area (Å²) in [4.78, 5) is 27.5. The Morgan fingerprint density at radius 1 is 0.935 bits per heavy atom. The molecule has 0 atom stereocenters. The first-order chi connectivity index (χ1) is 14.7. The van der Waals surface area contributed by atoms with Crippen LogP contribution in [0.25, 0.3) is 0 Å². The van der Waals surface area contributed by atoms with Crippen molar-refractivity contribution >= 4 is 33.3 Å². The van der Waals surface area contributed by atoms with Gasteiger partial charge in [-0.15, -0.1) is 0 Å². The van der Waals surface area contributed by atoms with Gasteiger partial charge >= 0.3 is 5.76 Å². The number of carbonyl (C=O) groups excluding carboxylic acids is 2. The van der Waals surface area contributed by atoms with Gasteiger partial charge in [0.25, 0.3) is 11.8 Å². The highest BCUT2D eigenvalue weighted by molar-refractivity contribution is 7.91. The summed E-state index contributed by atoms with van der Waals surface area (Å²) in [6.07, 6.45) is 0. The van der Waals surface area contributed by atoms with Crippen LogP contribution >= 0.6 is 11.6 Å². The van der Waals surface area contributed by atoms with Gasteiger partial charge in [0.05, 0.1) is 4.90 Å². The molecule has 7 nitrogen and oxygen atoms in total. The van der Waals surface area contributed by atoms with E-state index in [1.807, 2.05) is 0 Å². The van der Waals surface area contributed by atoms with E-state index in [1.54, 1.807) is 29.2 Å². The largest absolute Gasteiger partial charge is 0.484 e. The molecule has 0 radical (unpaired) electrons. The van der Waals surface area contributed by atoms with E-state index in [4.69, 9.17) is 16.3 Å². The molecule has 2 aromatic rings. The number of rotatable bonds is 6. The quantitative estimate of drug-likeness (QED) is 0.645. The fourth-order valence-corrected chi connectivity index (χ4v) is 3.85. The van der Waals surface area contributed by atoms with Gasteiger partial charge in [-0.2, -0.15) is 8.78 Å². The number of hydrogen-bond donors (Lipinski definition) is 0. The molecule has 0 bridgehead atoms. The van der Waals surface area contributed by atoms with Gasteiger partial charge in [0.1, 0.15) is 5.75 Å². The third kappa shape index (κ3) is 5.50. The lowest BCUT2D eigenvalue weighted by molar-refractivity contribution is -0.134. The Kier molecular flexibility index (Phi) is 7.11. The van der Waals surface area contributed by atoms with Crippen LogP contribution in [0.3, 0.4) is 0 Å². The third-order valence-electron chi connectivity index (χ3n) is 4.76. The molecule has 2 aromatic carbocycles. The van der Waals surface area contributed by atoms with Gasteiger partial charge in [-0.25, -0.2) is 8.42 Å². The maximum atomic E-state index is 12.6. The number of hydrogen-bond acceptors (Lipinski definition) is 5. The van der Waals surface area contributed by atoms with Crippen molar-refractivity contribution in [2.75, 3.05) is 32.8 Å². The first-order valence-electron chi connectivity index (χ1n) is 9.26. The van der Waals surface area contributed by atoms with Crippen LogP contribution in [0, 0.1) is 0 Å². The maximum absolute atomic E-state index is 12.6. The van der Waals surface area contributed by atoms with Crippen LogP contribution in [0.4, 0.5) is 8.78 Å². The summed E-state index contributed by atoms with van der Waals surface area (Å²) < 4.78 is 53.6. The molecule has 1 aliphatic heterocycles. The third-order valence-corrected chi connectivity index (χ3v) is 6.41. The molecule has 0 N–H and O–H groups in total. The van der Waals surface area contributed by atoms with Crippen LogP contribution in [-0.4, -0.2) is 68.6 Å². The molecule has 3 rings (SSSR count). The summed E-state index contributed by atoms with van der Waals surface area (Å²) in [6.45, 7) is 1.04. The van der Waals surface area contributed by atoms with E-state index in [-0.39, 0.29) is 37.1 Å². The smallest absolute Gasteiger partial charge is 0.341 e. The highest BCUT2D eigenvalue weighted by Gasteiger charge is 2.28. The van der Waals surface area contributed by atoms with Gasteiger partial charge in [0.15, 0.2) is 6.61 Å². The van der Waals surface area contributed by atoms with Crippen LogP contribution in [0.5, 0.6) is 5.75 Å². The standard InChI is InChI=1S/C20H19ClF2N2O5S/c21-15-3-5-16(6-4-15)30-13-18(26)24-9-11-25(12-10-24)19(27)14-1-7-17(8-2-14)31(28,29)20(22)23/h1-8,20H,9-13H2. The van der Waals surface area contributed by atoms with Crippen molar-refractivity contribution in [3.63, 3.8) is 0 Å². The molecule has 1 heterocycles. The molecule has 0 aliphatic carbocycles. The summed E-state index contributed by atoms with van der Waals surface area (Å²) in [5.74, 6) is -3.60. The van der Waals surface area contributed by atoms with Crippen molar-refractivity contribution in [1.82, 2.24) is 9.80 Å². The average molecular weight is 473 g/mol. The number of ether oxygens (including phenoxy) is 1. The summed E-state index contributed by atoms with van der Waals surface area (Å²) >= 11 is 5.80. The molecule has 0 spiro atoms. The van der Waals surface area contributed by atoms with Crippen LogP contribution < -0.4 is 4.74 Å². The normalized spacial score (nSPS) is 14.6. The zero-order valence-corrected chi connectivity index (χ0v) is 17.8. The number of piperazine rings is 1. The Hall–Kier alpha value is -2.72. The van der Waals surface area contributed by atoms with Gasteiger partial charge in [0.2, 0.25) is 9.84 Å². The number of nitrogens with zero attached hydrogens (tertiary/aromatic N) is 2. The summed E-state index contributed by atoms with van der Waals surface area (Å²) in [5.41, 5.74) is 0.180. The van der Waals surface area contributed by atoms with E-state index >= 15 is 0 Å². The Labute approximate surface area is 183 Å². The molecule has 166 valence electrons. The lowest BCUT2D eigenvalue weighted by Crippen LogP contribution is -2.51. The lowest BCUT2D eigenvalue weighted by Gasteiger charge is -2.34. The molecule has 1 saturated heterocycles. The molecule has 1 fully saturated rings. The van der Waals surface area contributed by atoms with Crippen LogP contribution in [0.15, 0.2) is 53.4 Å². The van der Waals surface area contributed by atoms with Crippen molar-refractivity contribution in [2.45, 2.75) is 10.7 Å². The summed E-state index contributed by atoms with van der Waals surface area (Å²) in [6, 6.07) is 11.0. The predicted molar refractivity (Wildman–Crippen MR) is 109 cm³/mol. The molecule has 31 heavy (non-hydrogen) atoms. The summed E-state index contributed by atoms with van der Waals surface area (Å²) in [5, 5.41) is 0.560. The minimum atomic E-state index is -4.71. The first-order valence-corrected chi connectivity index (χ1v) is 11.2. The fourth-order valence-electron chi connectivity index (χ4n) is 3.00. The predicted octanol–water partition coefficient (Wildman–Crippen LogP) is 2.70. The van der Waals surface area contributed by atoms with Crippen LogP contribution in [-0.2, 0) is 14.6 Å². The number of benzene rings is 2. The minimum absolute atomic E-state index is 0.143. The average Bonchev–Trinajstić information content (AvgIpc) is 2.78. The van der Waals surface area contributed by atoms with E-state index in [9.17, 15) is 26.8 Å². The molecule has 1 aliphatic rings. The Bertz CT molecular complexity index is 1040. The number of amides is 2. The molecule has 11 heteroatoms. The van der Waals surface area contributed by atoms with Crippen molar-refractivity contribution in [3.8, 4) is 5.75 Å². The van der Waals surface area contributed by atoms with Gasteiger partial charge in [-0.3, -0.25) is 9.59 Å². The second kappa shape index (κ2) is 9.61. The van der Waals surface area contributed by atoms with Crippen molar-refractivity contribution in [2.24, 2.45) is 0 Å². The van der Waals surface area contributed by atoms with Crippen LogP contribution in [0.2, 0.25) is 5.02 Å². The Morgan fingerprint density at radius 2 is 1.48 bits per heavy atom. The second-order valence-electron chi connectivity index (χ2n) is 6.75. The van der Waals surface area contributed by atoms with Crippen LogP contribution in [0.1, 0.15) is 10.4 Å². The van der Waals surface area contributed by atoms with E-state index < -0.39 is 20.5 Å². The monoisotopic (exact) mass is 472 g/mol. The first kappa shape index (κ1) is 23.0. The number of alkyl halides is 2. The molecule has 0 saturated carbocycles. The SMILES string of the molecule is O=C(COc1ccc(Cl)cc1)N1CCN(C(=O)c2ccc(S(=O)(=O)C(F)F)cc2)CC1. The van der Waals surface area contributed by atoms with Gasteiger partial charge in [-0.1, -0.05) is 11.6 Å². The maximum Gasteiger partial charge on any atom is 0.341 e. The molecule has 0 unspecified atom stereocenters. The topological polar surface area (TPSA) is 84.0 Å². The van der Waals surface area contributed by atoms with Gasteiger partial charge < -0.3 is 14.5 Å². The Morgan fingerprint density at radius 3 is 2.03 bits per heavy atom. The molecule has 2 amide bonds. The lowest BCUT2D eigenvalue weighted by atomic mass is 10.2. The highest BCUT2D eigenvalue weighted by atomic mass is 35.5. The van der Waals surface area contributed by atoms with E-state index in [0.29, 0.717) is 23.9 Å². The highest BCUT2D eigenvalue weighted by Crippen LogP contribution is 2.20. The zero-order chi connectivity index (χ0) is 22.6. The summed E-state index contributed by atoms with van der Waals surface area (Å²) in [7, 11) is -4.71. The fraction of sp³-hybridized carbons (Fsp3) is 0.300. The molecular weight excluding hydrogens is 454 g/mol. The van der Waals surface area contributed by atoms with E-state index in [1.165, 1.54) is 17.0 Å². The minimum Gasteiger partial charge on any atom is -0.484 e. The number of halogens is 3. The molecule has 0 aromatic heterocycles. The number of sulfone groups is 1. The second-order valence-corrected chi connectivity index (χ2v) is 9.10. The number of carbonyl (C=O) groups is 2. The van der Waals surface area contributed by atoms with Crippen molar-refractivity contribution in [3.05, 3.63) is 59.1 Å². The zero-order valence-electron chi connectivity index (χ0n) is 16.2. The van der Waals surface area contributed by atoms with Crippen molar-refractivity contribution < 1.29 is 31.5 Å². The van der Waals surface area contributed by atoms with Gasteiger partial charge in [0, 0.05) is 36.8 Å². The van der Waals surface area contributed by atoms with E-state index in [2.05, 4.69) is 0 Å². The Balaban J connectivity index is 1.52.